The van der Waals surface area contributed by atoms with Gasteiger partial charge in [-0.2, -0.15) is 0 Å². The highest BCUT2D eigenvalue weighted by molar-refractivity contribution is 7.80. The average Bonchev–Trinajstić information content (AvgIpc) is 2.48. The lowest BCUT2D eigenvalue weighted by molar-refractivity contribution is -0.384. The lowest BCUT2D eigenvalue weighted by Crippen LogP contribution is -2.38. The summed E-state index contributed by atoms with van der Waals surface area (Å²) in [6.45, 7) is 0. The minimum Gasteiger partial charge on any atom is -0.332 e. The summed E-state index contributed by atoms with van der Waals surface area (Å²) >= 11 is 5.09. The van der Waals surface area contributed by atoms with Crippen LogP contribution in [0.2, 0.25) is 0 Å². The third-order valence-corrected chi connectivity index (χ3v) is 3.75. The van der Waals surface area contributed by atoms with Crippen molar-refractivity contribution in [2.75, 3.05) is 5.32 Å². The second-order valence-electron chi connectivity index (χ2n) is 5.08. The van der Waals surface area contributed by atoms with Gasteiger partial charge >= 0.3 is 0 Å². The predicted octanol–water partition coefficient (Wildman–Crippen LogP) is 2.99. The third kappa shape index (κ3) is 4.49. The summed E-state index contributed by atoms with van der Waals surface area (Å²) in [7, 11) is 0. The van der Waals surface area contributed by atoms with Gasteiger partial charge in [-0.3, -0.25) is 14.9 Å². The Balaban J connectivity index is 1.86. The Bertz CT molecular complexity index is 539. The van der Waals surface area contributed by atoms with Gasteiger partial charge in [0.2, 0.25) is 5.91 Å². The Morgan fingerprint density at radius 3 is 2.38 bits per heavy atom. The number of rotatable bonds is 3. The van der Waals surface area contributed by atoms with E-state index < -0.39 is 4.92 Å². The standard InChI is InChI=1S/C14H17N3O3S/c18-13(10-4-2-1-3-5-10)16-14(21)15-11-6-8-12(9-7-11)17(19)20/h6-10H,1-5H2,(H2,15,16,18,21). The molecule has 0 saturated heterocycles. The fourth-order valence-electron chi connectivity index (χ4n) is 2.41. The maximum atomic E-state index is 12.0. The summed E-state index contributed by atoms with van der Waals surface area (Å²) in [5.41, 5.74) is 0.618. The van der Waals surface area contributed by atoms with E-state index in [4.69, 9.17) is 12.2 Å². The van der Waals surface area contributed by atoms with Gasteiger partial charge in [0, 0.05) is 23.7 Å². The first kappa shape index (κ1) is 15.4. The monoisotopic (exact) mass is 307 g/mol. The number of non-ortho nitro benzene ring substituents is 1. The molecule has 2 N–H and O–H groups in total. The van der Waals surface area contributed by atoms with E-state index in [-0.39, 0.29) is 22.6 Å². The molecule has 112 valence electrons. The number of nitro benzene ring substituents is 1. The molecule has 0 bridgehead atoms. The molecular formula is C14H17N3O3S. The highest BCUT2D eigenvalue weighted by Gasteiger charge is 2.21. The maximum absolute atomic E-state index is 12.0. The summed E-state index contributed by atoms with van der Waals surface area (Å²) in [6, 6.07) is 5.87. The Morgan fingerprint density at radius 1 is 1.19 bits per heavy atom. The van der Waals surface area contributed by atoms with Crippen LogP contribution < -0.4 is 10.6 Å². The molecule has 1 aliphatic rings. The summed E-state index contributed by atoms with van der Waals surface area (Å²) in [5, 5.41) is 16.3. The molecule has 0 aromatic heterocycles. The van der Waals surface area contributed by atoms with Crippen LogP contribution in [0.4, 0.5) is 11.4 Å². The Morgan fingerprint density at radius 2 is 1.81 bits per heavy atom. The van der Waals surface area contributed by atoms with Crippen LogP contribution in [-0.4, -0.2) is 15.9 Å². The Kier molecular flexibility index (Phi) is 5.21. The maximum Gasteiger partial charge on any atom is 0.269 e. The second-order valence-corrected chi connectivity index (χ2v) is 5.49. The highest BCUT2D eigenvalue weighted by atomic mass is 32.1. The molecule has 0 heterocycles. The van der Waals surface area contributed by atoms with E-state index in [1.807, 2.05) is 0 Å². The van der Waals surface area contributed by atoms with Crippen LogP contribution in [0.25, 0.3) is 0 Å². The number of thiocarbonyl (C=S) groups is 1. The van der Waals surface area contributed by atoms with Crippen molar-refractivity contribution in [1.29, 1.82) is 0 Å². The van der Waals surface area contributed by atoms with Crippen molar-refractivity contribution in [3.05, 3.63) is 34.4 Å². The van der Waals surface area contributed by atoms with Crippen molar-refractivity contribution in [2.24, 2.45) is 5.92 Å². The van der Waals surface area contributed by atoms with Gasteiger partial charge in [-0.15, -0.1) is 0 Å². The number of anilines is 1. The summed E-state index contributed by atoms with van der Waals surface area (Å²) < 4.78 is 0. The van der Waals surface area contributed by atoms with Crippen LogP contribution >= 0.6 is 12.2 Å². The molecule has 1 fully saturated rings. The van der Waals surface area contributed by atoms with Gasteiger partial charge < -0.3 is 10.6 Å². The van der Waals surface area contributed by atoms with Gasteiger partial charge in [0.05, 0.1) is 4.92 Å². The van der Waals surface area contributed by atoms with Crippen LogP contribution in [0.1, 0.15) is 32.1 Å². The zero-order valence-corrected chi connectivity index (χ0v) is 12.3. The number of nitrogens with one attached hydrogen (secondary N) is 2. The molecule has 0 spiro atoms. The van der Waals surface area contributed by atoms with E-state index in [0.29, 0.717) is 5.69 Å². The molecule has 1 saturated carbocycles. The van der Waals surface area contributed by atoms with Gasteiger partial charge in [-0.1, -0.05) is 19.3 Å². The van der Waals surface area contributed by atoms with E-state index in [1.54, 1.807) is 12.1 Å². The highest BCUT2D eigenvalue weighted by Crippen LogP contribution is 2.23. The number of hydrogen-bond acceptors (Lipinski definition) is 4. The van der Waals surface area contributed by atoms with E-state index in [9.17, 15) is 14.9 Å². The molecule has 2 rings (SSSR count). The fourth-order valence-corrected chi connectivity index (χ4v) is 2.63. The number of nitrogens with zero attached hydrogens (tertiary/aromatic N) is 1. The molecule has 0 radical (unpaired) electrons. The minimum absolute atomic E-state index is 0.0118. The Labute approximate surface area is 128 Å². The van der Waals surface area contributed by atoms with Crippen molar-refractivity contribution in [2.45, 2.75) is 32.1 Å². The van der Waals surface area contributed by atoms with Crippen molar-refractivity contribution in [1.82, 2.24) is 5.32 Å². The lowest BCUT2D eigenvalue weighted by atomic mass is 9.89. The number of benzene rings is 1. The number of carbonyl (C=O) groups excluding carboxylic acids is 1. The molecule has 1 amide bonds. The predicted molar refractivity (Wildman–Crippen MR) is 84.0 cm³/mol. The smallest absolute Gasteiger partial charge is 0.269 e. The molecule has 1 aromatic rings. The molecule has 21 heavy (non-hydrogen) atoms. The van der Waals surface area contributed by atoms with Crippen LogP contribution in [0, 0.1) is 16.0 Å². The summed E-state index contributed by atoms with van der Waals surface area (Å²) in [4.78, 5) is 22.1. The molecule has 1 aliphatic carbocycles. The molecule has 0 atom stereocenters. The minimum atomic E-state index is -0.465. The number of nitro groups is 1. The molecule has 0 aliphatic heterocycles. The first-order valence-corrected chi connectivity index (χ1v) is 7.33. The molecule has 7 heteroatoms. The van der Waals surface area contributed by atoms with Crippen molar-refractivity contribution >= 4 is 34.6 Å². The summed E-state index contributed by atoms with van der Waals surface area (Å²) in [6.07, 6.45) is 5.18. The molecule has 1 aromatic carbocycles. The van der Waals surface area contributed by atoms with Gasteiger partial charge in [0.1, 0.15) is 0 Å². The fraction of sp³-hybridized carbons (Fsp3) is 0.429. The summed E-state index contributed by atoms with van der Waals surface area (Å²) in [5.74, 6) is -0.00975. The first-order chi connectivity index (χ1) is 10.1. The number of carbonyl (C=O) groups is 1. The normalized spacial score (nSPS) is 15.2. The first-order valence-electron chi connectivity index (χ1n) is 6.92. The topological polar surface area (TPSA) is 84.3 Å². The quantitative estimate of drug-likeness (QED) is 0.509. The lowest BCUT2D eigenvalue weighted by Gasteiger charge is -2.21. The Hall–Kier alpha value is -2.02. The van der Waals surface area contributed by atoms with Crippen LogP contribution in [0.15, 0.2) is 24.3 Å². The number of hydrogen-bond donors (Lipinski definition) is 2. The largest absolute Gasteiger partial charge is 0.332 e. The van der Waals surface area contributed by atoms with Gasteiger partial charge in [-0.25, -0.2) is 0 Å². The second kappa shape index (κ2) is 7.12. The zero-order valence-electron chi connectivity index (χ0n) is 11.5. The zero-order chi connectivity index (χ0) is 15.2. The van der Waals surface area contributed by atoms with Crippen molar-refractivity contribution in [3.63, 3.8) is 0 Å². The van der Waals surface area contributed by atoms with E-state index in [2.05, 4.69) is 10.6 Å². The van der Waals surface area contributed by atoms with Crippen LogP contribution in [-0.2, 0) is 4.79 Å². The third-order valence-electron chi connectivity index (χ3n) is 3.55. The molecule has 0 unspecified atom stereocenters. The molecular weight excluding hydrogens is 290 g/mol. The van der Waals surface area contributed by atoms with Crippen LogP contribution in [0.3, 0.4) is 0 Å². The molecule has 6 nitrogen and oxygen atoms in total. The van der Waals surface area contributed by atoms with Gasteiger partial charge in [0.15, 0.2) is 5.11 Å². The van der Waals surface area contributed by atoms with Crippen molar-refractivity contribution < 1.29 is 9.72 Å². The van der Waals surface area contributed by atoms with Gasteiger partial charge in [0.25, 0.3) is 5.69 Å². The van der Waals surface area contributed by atoms with Crippen molar-refractivity contribution in [3.8, 4) is 0 Å². The average molecular weight is 307 g/mol. The van der Waals surface area contributed by atoms with E-state index in [0.717, 1.165) is 25.7 Å². The van der Waals surface area contributed by atoms with Gasteiger partial charge in [-0.05, 0) is 37.2 Å². The SMILES string of the molecule is O=C(NC(=S)Nc1ccc([N+](=O)[O-])cc1)C1CCCCC1. The van der Waals surface area contributed by atoms with E-state index >= 15 is 0 Å². The van der Waals surface area contributed by atoms with E-state index in [1.165, 1.54) is 18.6 Å². The van der Waals surface area contributed by atoms with Crippen LogP contribution in [0.5, 0.6) is 0 Å². The number of amides is 1.